The van der Waals surface area contributed by atoms with E-state index in [2.05, 4.69) is 44.1 Å². The van der Waals surface area contributed by atoms with Crippen LogP contribution in [0.5, 0.6) is 0 Å². The predicted molar refractivity (Wildman–Crippen MR) is 210 cm³/mol. The quantitative estimate of drug-likeness (QED) is 0.0600. The van der Waals surface area contributed by atoms with Crippen LogP contribution >= 0.6 is 0 Å². The minimum atomic E-state index is -0.531. The summed E-state index contributed by atoms with van der Waals surface area (Å²) < 4.78 is 19.2. The maximum absolute atomic E-state index is 10.2. The van der Waals surface area contributed by atoms with E-state index in [-0.39, 0.29) is 12.7 Å². The van der Waals surface area contributed by atoms with Gasteiger partial charge in [0.25, 0.3) is 0 Å². The molecule has 2 rings (SSSR count). The van der Waals surface area contributed by atoms with E-state index in [0.29, 0.717) is 39.0 Å². The maximum Gasteiger partial charge on any atom is 0.508 e. The third-order valence-electron chi connectivity index (χ3n) is 8.14. The van der Waals surface area contributed by atoms with E-state index < -0.39 is 6.16 Å². The van der Waals surface area contributed by atoms with E-state index in [4.69, 9.17) is 29.9 Å². The van der Waals surface area contributed by atoms with Gasteiger partial charge in [-0.25, -0.2) is 4.79 Å². The van der Waals surface area contributed by atoms with Crippen molar-refractivity contribution in [1.82, 2.24) is 0 Å². The zero-order valence-corrected chi connectivity index (χ0v) is 34.3. The summed E-state index contributed by atoms with van der Waals surface area (Å²) in [5, 5.41) is 33.7. The zero-order valence-electron chi connectivity index (χ0n) is 34.3. The van der Waals surface area contributed by atoms with Gasteiger partial charge in [0.05, 0.1) is 13.2 Å². The number of cyclic esters (lactones) is 2. The van der Waals surface area contributed by atoms with Crippen molar-refractivity contribution >= 4 is 6.16 Å². The van der Waals surface area contributed by atoms with Crippen LogP contribution in [0.1, 0.15) is 183 Å². The van der Waals surface area contributed by atoms with Gasteiger partial charge in [-0.15, -0.1) is 0 Å². The maximum atomic E-state index is 10.2. The lowest BCUT2D eigenvalue weighted by Gasteiger charge is -2.27. The molecule has 0 aromatic rings. The fraction of sp³-hybridized carbons (Fsp3) is 0.976. The molecule has 9 heteroatoms. The molecule has 0 spiro atoms. The highest BCUT2D eigenvalue weighted by Gasteiger charge is 2.22. The number of carbonyl (C=O) groups is 1. The lowest BCUT2D eigenvalue weighted by molar-refractivity contribution is 0.0928. The van der Waals surface area contributed by atoms with Crippen LogP contribution < -0.4 is 0 Å². The summed E-state index contributed by atoms with van der Waals surface area (Å²) in [6, 6.07) is 0. The van der Waals surface area contributed by atoms with Gasteiger partial charge in [-0.1, -0.05) is 132 Å². The first-order valence-corrected chi connectivity index (χ1v) is 20.8. The largest absolute Gasteiger partial charge is 0.508 e. The minimum absolute atomic E-state index is 0.00231. The lowest BCUT2D eigenvalue weighted by Crippen LogP contribution is -2.17. The molecule has 1 aliphatic heterocycles. The molecule has 0 bridgehead atoms. The molecule has 2 fully saturated rings. The summed E-state index contributed by atoms with van der Waals surface area (Å²) in [7, 11) is 0. The summed E-state index contributed by atoms with van der Waals surface area (Å²) in [6.07, 6.45) is 25.2. The molecule has 1 atom stereocenters. The number of aliphatic hydroxyl groups is 4. The van der Waals surface area contributed by atoms with Gasteiger partial charge in [-0.2, -0.15) is 0 Å². The van der Waals surface area contributed by atoms with Crippen molar-refractivity contribution in [2.75, 3.05) is 59.5 Å². The molecular weight excluding hydrogens is 636 g/mol. The van der Waals surface area contributed by atoms with Gasteiger partial charge < -0.3 is 39.4 Å². The highest BCUT2D eigenvalue weighted by Crippen LogP contribution is 2.31. The van der Waals surface area contributed by atoms with Gasteiger partial charge in [0.2, 0.25) is 0 Å². The van der Waals surface area contributed by atoms with Gasteiger partial charge in [-0.3, -0.25) is 0 Å². The number of hydrogen-bond donors (Lipinski definition) is 4. The zero-order chi connectivity index (χ0) is 38.4. The van der Waals surface area contributed by atoms with Crippen LogP contribution in [0.25, 0.3) is 0 Å². The third-order valence-corrected chi connectivity index (χ3v) is 8.14. The Morgan fingerprint density at radius 3 is 1.42 bits per heavy atom. The number of hydrogen-bond acceptors (Lipinski definition) is 9. The second kappa shape index (κ2) is 52.4. The Balaban J connectivity index is -0.000000260. The van der Waals surface area contributed by atoms with E-state index >= 15 is 0 Å². The predicted octanol–water partition coefficient (Wildman–Crippen LogP) is 10.0. The Labute approximate surface area is 310 Å². The van der Waals surface area contributed by atoms with E-state index in [0.717, 1.165) is 64.3 Å². The summed E-state index contributed by atoms with van der Waals surface area (Å²) in [4.78, 5) is 10.2. The average molecular weight is 725 g/mol. The highest BCUT2D eigenvalue weighted by molar-refractivity contribution is 5.61. The van der Waals surface area contributed by atoms with Crippen LogP contribution in [0.4, 0.5) is 4.79 Å². The molecule has 0 radical (unpaired) electrons. The monoisotopic (exact) mass is 725 g/mol. The summed E-state index contributed by atoms with van der Waals surface area (Å²) in [5.74, 6) is 1.61. The molecule has 2 aliphatic rings. The van der Waals surface area contributed by atoms with Gasteiger partial charge in [0.1, 0.15) is 12.7 Å². The third kappa shape index (κ3) is 51.4. The van der Waals surface area contributed by atoms with Crippen molar-refractivity contribution < 1.29 is 44.2 Å². The van der Waals surface area contributed by atoms with Crippen molar-refractivity contribution in [3.8, 4) is 0 Å². The van der Waals surface area contributed by atoms with Crippen molar-refractivity contribution in [2.24, 2.45) is 11.8 Å². The Morgan fingerprint density at radius 1 is 0.540 bits per heavy atom. The second-order valence-electron chi connectivity index (χ2n) is 13.1. The van der Waals surface area contributed by atoms with Crippen molar-refractivity contribution in [3.63, 3.8) is 0 Å². The van der Waals surface area contributed by atoms with Crippen molar-refractivity contribution in [2.45, 2.75) is 189 Å². The van der Waals surface area contributed by atoms with Gasteiger partial charge >= 0.3 is 6.16 Å². The Bertz CT molecular complexity index is 537. The van der Waals surface area contributed by atoms with Crippen LogP contribution in [-0.2, 0) is 18.9 Å². The molecule has 1 aliphatic carbocycles. The molecule has 50 heavy (non-hydrogen) atoms. The van der Waals surface area contributed by atoms with E-state index in [1.807, 2.05) is 13.8 Å². The SMILES string of the molecule is CCC1COC(=O)O1.CCCCCC1CCC(CO)CC1.CCCCCCCO.CCCCCO.CCCCOCCC.CCCOCCO. The lowest BCUT2D eigenvalue weighted by atomic mass is 9.80. The van der Waals surface area contributed by atoms with Crippen LogP contribution in [0, 0.1) is 11.8 Å². The topological polar surface area (TPSA) is 135 Å². The molecule has 1 saturated heterocycles. The summed E-state index contributed by atoms with van der Waals surface area (Å²) in [6.45, 7) is 19.7. The molecule has 1 heterocycles. The molecule has 0 aromatic heterocycles. The van der Waals surface area contributed by atoms with Crippen LogP contribution in [-0.4, -0.2) is 92.1 Å². The van der Waals surface area contributed by atoms with Crippen LogP contribution in [0.3, 0.4) is 0 Å². The number of rotatable bonds is 23. The molecule has 0 amide bonds. The number of ether oxygens (including phenoxy) is 4. The minimum Gasteiger partial charge on any atom is -0.430 e. The molecule has 1 saturated carbocycles. The van der Waals surface area contributed by atoms with Gasteiger partial charge in [0.15, 0.2) is 0 Å². The van der Waals surface area contributed by atoms with Crippen LogP contribution in [0.15, 0.2) is 0 Å². The van der Waals surface area contributed by atoms with E-state index in [9.17, 15) is 4.79 Å². The Hall–Kier alpha value is -0.970. The molecule has 0 aromatic carbocycles. The fourth-order valence-electron chi connectivity index (χ4n) is 4.83. The van der Waals surface area contributed by atoms with Gasteiger partial charge in [0, 0.05) is 39.6 Å². The van der Waals surface area contributed by atoms with Gasteiger partial charge in [-0.05, 0) is 63.2 Å². The van der Waals surface area contributed by atoms with Crippen molar-refractivity contribution in [1.29, 1.82) is 0 Å². The second-order valence-corrected chi connectivity index (χ2v) is 13.1. The molecule has 1 unspecified atom stereocenters. The summed E-state index contributed by atoms with van der Waals surface area (Å²) in [5.41, 5.74) is 0. The number of aliphatic hydroxyl groups excluding tert-OH is 4. The van der Waals surface area contributed by atoms with E-state index in [1.165, 1.54) is 96.3 Å². The normalized spacial score (nSPS) is 17.4. The molecule has 9 nitrogen and oxygen atoms in total. The highest BCUT2D eigenvalue weighted by atomic mass is 16.8. The molecule has 306 valence electrons. The number of carbonyl (C=O) groups excluding carboxylic acids is 1. The standard InChI is InChI=1S/C12H24O.2C7H16O.C5H8O3.C5H12O2.C5H12O/c1-2-3-4-5-11-6-8-12(10-13)9-7-11;1-3-5-7-8-6-4-2;1-2-3-4-5-6-7-8;1-2-4-3-7-5(6)8-4;1-2-4-7-5-3-6;1-2-3-4-5-6/h11-13H,2-10H2,1H3;3-7H2,1-2H3;8H,2-7H2,1H3;4H,2-3H2,1H3;6H,2-5H2,1H3;6H,2-5H2,1H3. The average Bonchev–Trinajstić information content (AvgIpc) is 3.58. The van der Waals surface area contributed by atoms with Crippen LogP contribution in [0.2, 0.25) is 0 Å². The Kier molecular flexibility index (Phi) is 58.4. The fourth-order valence-corrected chi connectivity index (χ4v) is 4.83. The smallest absolute Gasteiger partial charge is 0.430 e. The Morgan fingerprint density at radius 2 is 1.02 bits per heavy atom. The molecular formula is C41H88O9. The first kappa shape index (κ1) is 55.8. The number of unbranched alkanes of at least 4 members (excludes halogenated alkanes) is 9. The molecule has 4 N–H and O–H groups in total. The first-order valence-electron chi connectivity index (χ1n) is 20.8. The summed E-state index contributed by atoms with van der Waals surface area (Å²) >= 11 is 0. The first-order chi connectivity index (χ1) is 24.3. The van der Waals surface area contributed by atoms with Crippen molar-refractivity contribution in [3.05, 3.63) is 0 Å². The van der Waals surface area contributed by atoms with E-state index in [1.54, 1.807) is 0 Å².